The van der Waals surface area contributed by atoms with Crippen LogP contribution in [0.15, 0.2) is 12.4 Å². The molecular weight excluding hydrogens is 186 g/mol. The molecule has 1 heterocycles. The normalized spacial score (nSPS) is 12.0. The highest BCUT2D eigenvalue weighted by Gasteiger charge is 2.14. The SMILES string of the molecule is CCc1nccn1CCCC(C)(C)CN. The van der Waals surface area contributed by atoms with Crippen LogP contribution in [0.5, 0.6) is 0 Å². The second-order valence-corrected chi connectivity index (χ2v) is 4.86. The summed E-state index contributed by atoms with van der Waals surface area (Å²) in [6, 6.07) is 0. The lowest BCUT2D eigenvalue weighted by molar-refractivity contribution is 0.326. The quantitative estimate of drug-likeness (QED) is 0.780. The lowest BCUT2D eigenvalue weighted by Gasteiger charge is -2.22. The third kappa shape index (κ3) is 3.67. The molecule has 86 valence electrons. The molecule has 2 N–H and O–H groups in total. The lowest BCUT2D eigenvalue weighted by Crippen LogP contribution is -2.23. The molecule has 0 bridgehead atoms. The molecule has 1 rings (SSSR count). The Labute approximate surface area is 92.7 Å². The summed E-state index contributed by atoms with van der Waals surface area (Å²) in [6.07, 6.45) is 7.30. The lowest BCUT2D eigenvalue weighted by atomic mass is 9.88. The number of hydrogen-bond acceptors (Lipinski definition) is 2. The summed E-state index contributed by atoms with van der Waals surface area (Å²) >= 11 is 0. The second-order valence-electron chi connectivity index (χ2n) is 4.86. The molecule has 3 heteroatoms. The fourth-order valence-electron chi connectivity index (χ4n) is 1.69. The van der Waals surface area contributed by atoms with E-state index in [1.54, 1.807) is 0 Å². The first-order valence-corrected chi connectivity index (χ1v) is 5.79. The number of nitrogens with two attached hydrogens (primary N) is 1. The maximum absolute atomic E-state index is 5.70. The van der Waals surface area contributed by atoms with Crippen LogP contribution in [0.4, 0.5) is 0 Å². The Balaban J connectivity index is 2.38. The smallest absolute Gasteiger partial charge is 0.108 e. The molecule has 1 aromatic heterocycles. The minimum absolute atomic E-state index is 0.271. The topological polar surface area (TPSA) is 43.8 Å². The molecule has 0 saturated heterocycles. The molecule has 0 fully saturated rings. The third-order valence-electron chi connectivity index (χ3n) is 2.92. The summed E-state index contributed by atoms with van der Waals surface area (Å²) in [5.74, 6) is 1.18. The first-order valence-electron chi connectivity index (χ1n) is 5.79. The predicted molar refractivity (Wildman–Crippen MR) is 63.7 cm³/mol. The van der Waals surface area contributed by atoms with Gasteiger partial charge in [0.1, 0.15) is 5.82 Å². The van der Waals surface area contributed by atoms with Crippen molar-refractivity contribution in [3.05, 3.63) is 18.2 Å². The van der Waals surface area contributed by atoms with E-state index < -0.39 is 0 Å². The van der Waals surface area contributed by atoms with Crippen molar-refractivity contribution >= 4 is 0 Å². The number of aryl methyl sites for hydroxylation is 2. The first kappa shape index (κ1) is 12.2. The number of nitrogens with zero attached hydrogens (tertiary/aromatic N) is 2. The Bertz CT molecular complexity index is 289. The van der Waals surface area contributed by atoms with E-state index in [0.717, 1.165) is 19.5 Å². The van der Waals surface area contributed by atoms with Gasteiger partial charge in [0.15, 0.2) is 0 Å². The maximum atomic E-state index is 5.70. The molecule has 3 nitrogen and oxygen atoms in total. The van der Waals surface area contributed by atoms with Gasteiger partial charge in [-0.2, -0.15) is 0 Å². The standard InChI is InChI=1S/C12H23N3/c1-4-11-14-7-9-15(11)8-5-6-12(2,3)10-13/h7,9H,4-6,8,10,13H2,1-3H3. The number of rotatable bonds is 6. The van der Waals surface area contributed by atoms with E-state index in [9.17, 15) is 0 Å². The van der Waals surface area contributed by atoms with Crippen LogP contribution in [-0.4, -0.2) is 16.1 Å². The zero-order valence-corrected chi connectivity index (χ0v) is 10.2. The van der Waals surface area contributed by atoms with Crippen molar-refractivity contribution in [2.75, 3.05) is 6.54 Å². The van der Waals surface area contributed by atoms with E-state index >= 15 is 0 Å². The molecule has 0 spiro atoms. The largest absolute Gasteiger partial charge is 0.335 e. The van der Waals surface area contributed by atoms with Gasteiger partial charge in [0, 0.05) is 25.4 Å². The van der Waals surface area contributed by atoms with Crippen LogP contribution < -0.4 is 5.73 Å². The Kier molecular flexibility index (Phi) is 4.33. The highest BCUT2D eigenvalue weighted by atomic mass is 15.1. The Morgan fingerprint density at radius 1 is 1.47 bits per heavy atom. The van der Waals surface area contributed by atoms with Gasteiger partial charge in [-0.15, -0.1) is 0 Å². The highest BCUT2D eigenvalue weighted by Crippen LogP contribution is 2.20. The molecule has 1 aromatic rings. The summed E-state index contributed by atoms with van der Waals surface area (Å²) in [6.45, 7) is 8.41. The van der Waals surface area contributed by atoms with E-state index in [1.165, 1.54) is 18.7 Å². The van der Waals surface area contributed by atoms with Crippen LogP contribution in [0.25, 0.3) is 0 Å². The third-order valence-corrected chi connectivity index (χ3v) is 2.92. The Hall–Kier alpha value is -0.830. The van der Waals surface area contributed by atoms with Gasteiger partial charge >= 0.3 is 0 Å². The van der Waals surface area contributed by atoms with Crippen LogP contribution in [0.3, 0.4) is 0 Å². The molecule has 0 saturated carbocycles. The number of imidazole rings is 1. The zero-order valence-electron chi connectivity index (χ0n) is 10.2. The van der Waals surface area contributed by atoms with Gasteiger partial charge in [0.2, 0.25) is 0 Å². The molecule has 0 aliphatic heterocycles. The average molecular weight is 209 g/mol. The first-order chi connectivity index (χ1) is 7.09. The van der Waals surface area contributed by atoms with E-state index in [-0.39, 0.29) is 5.41 Å². The van der Waals surface area contributed by atoms with Crippen molar-refractivity contribution in [2.24, 2.45) is 11.1 Å². The predicted octanol–water partition coefficient (Wildman–Crippen LogP) is 2.21. The van der Waals surface area contributed by atoms with Gasteiger partial charge in [-0.25, -0.2) is 4.98 Å². The van der Waals surface area contributed by atoms with Crippen molar-refractivity contribution in [2.45, 2.75) is 46.6 Å². The molecule has 0 aliphatic rings. The molecule has 0 aromatic carbocycles. The van der Waals surface area contributed by atoms with Gasteiger partial charge in [0.25, 0.3) is 0 Å². The summed E-state index contributed by atoms with van der Waals surface area (Å²) in [5.41, 5.74) is 5.97. The Morgan fingerprint density at radius 3 is 2.80 bits per heavy atom. The van der Waals surface area contributed by atoms with Gasteiger partial charge in [-0.1, -0.05) is 20.8 Å². The highest BCUT2D eigenvalue weighted by molar-refractivity contribution is 4.91. The van der Waals surface area contributed by atoms with Crippen molar-refractivity contribution in [3.8, 4) is 0 Å². The minimum atomic E-state index is 0.271. The van der Waals surface area contributed by atoms with Gasteiger partial charge < -0.3 is 10.3 Å². The van der Waals surface area contributed by atoms with Crippen LogP contribution in [-0.2, 0) is 13.0 Å². The van der Waals surface area contributed by atoms with Gasteiger partial charge in [-0.05, 0) is 24.8 Å². The summed E-state index contributed by atoms with van der Waals surface area (Å²) in [7, 11) is 0. The zero-order chi connectivity index (χ0) is 11.3. The van der Waals surface area contributed by atoms with Crippen molar-refractivity contribution in [1.29, 1.82) is 0 Å². The van der Waals surface area contributed by atoms with E-state index in [0.29, 0.717) is 0 Å². The molecule has 0 unspecified atom stereocenters. The number of aromatic nitrogens is 2. The van der Waals surface area contributed by atoms with Crippen LogP contribution >= 0.6 is 0 Å². The van der Waals surface area contributed by atoms with Crippen LogP contribution in [0, 0.1) is 5.41 Å². The van der Waals surface area contributed by atoms with Gasteiger partial charge in [-0.3, -0.25) is 0 Å². The second kappa shape index (κ2) is 5.31. The fourth-order valence-corrected chi connectivity index (χ4v) is 1.69. The molecule has 0 amide bonds. The Morgan fingerprint density at radius 2 is 2.20 bits per heavy atom. The van der Waals surface area contributed by atoms with E-state index in [1.807, 2.05) is 6.20 Å². The molecule has 15 heavy (non-hydrogen) atoms. The molecular formula is C12H23N3. The monoisotopic (exact) mass is 209 g/mol. The van der Waals surface area contributed by atoms with Gasteiger partial charge in [0.05, 0.1) is 0 Å². The van der Waals surface area contributed by atoms with Crippen LogP contribution in [0.2, 0.25) is 0 Å². The van der Waals surface area contributed by atoms with Crippen molar-refractivity contribution in [3.63, 3.8) is 0 Å². The maximum Gasteiger partial charge on any atom is 0.108 e. The van der Waals surface area contributed by atoms with Crippen molar-refractivity contribution in [1.82, 2.24) is 9.55 Å². The van der Waals surface area contributed by atoms with E-state index in [2.05, 4.69) is 36.5 Å². The molecule has 0 radical (unpaired) electrons. The van der Waals surface area contributed by atoms with Crippen LogP contribution in [0.1, 0.15) is 39.4 Å². The number of hydrogen-bond donors (Lipinski definition) is 1. The summed E-state index contributed by atoms with van der Waals surface area (Å²) in [5, 5.41) is 0. The average Bonchev–Trinajstić information content (AvgIpc) is 2.65. The minimum Gasteiger partial charge on any atom is -0.335 e. The fraction of sp³-hybridized carbons (Fsp3) is 0.750. The molecule has 0 atom stereocenters. The van der Waals surface area contributed by atoms with Crippen molar-refractivity contribution < 1.29 is 0 Å². The van der Waals surface area contributed by atoms with E-state index in [4.69, 9.17) is 5.73 Å². The summed E-state index contributed by atoms with van der Waals surface area (Å²) in [4.78, 5) is 4.31. The summed E-state index contributed by atoms with van der Waals surface area (Å²) < 4.78 is 2.24. The molecule has 0 aliphatic carbocycles.